The normalized spacial score (nSPS) is 11.0. The molecule has 21 heavy (non-hydrogen) atoms. The van der Waals surface area contributed by atoms with E-state index in [4.69, 9.17) is 11.6 Å². The Balaban J connectivity index is 1.96. The van der Waals surface area contributed by atoms with Gasteiger partial charge >= 0.3 is 0 Å². The molecule has 4 heteroatoms. The van der Waals surface area contributed by atoms with Gasteiger partial charge in [-0.1, -0.05) is 56.5 Å². The molecule has 0 unspecified atom stereocenters. The molecule has 0 aliphatic rings. The van der Waals surface area contributed by atoms with Gasteiger partial charge in [-0.2, -0.15) is 0 Å². The van der Waals surface area contributed by atoms with Crippen LogP contribution in [0.25, 0.3) is 10.9 Å². The maximum Gasteiger partial charge on any atom is 0.269 e. The number of nitrogens with zero attached hydrogens (tertiary/aromatic N) is 1. The minimum Gasteiger partial charge on any atom is -0.351 e. The van der Waals surface area contributed by atoms with Crippen LogP contribution in [0.1, 0.15) is 43.6 Å². The standard InChI is InChI=1S/C17H21ClN2O/c1-12(2)7-5-6-10-19-17(21)16-11-14(18)13-8-3-4-9-15(13)20-16/h3-4,8-9,11-12H,5-7,10H2,1-2H3,(H,19,21). The molecule has 2 aromatic rings. The fourth-order valence-electron chi connectivity index (χ4n) is 2.22. The molecule has 1 aromatic heterocycles. The second-order valence-corrected chi connectivity index (χ2v) is 6.06. The molecular formula is C17H21ClN2O. The number of pyridine rings is 1. The van der Waals surface area contributed by atoms with Crippen molar-refractivity contribution in [2.45, 2.75) is 33.1 Å². The number of halogens is 1. The highest BCUT2D eigenvalue weighted by Gasteiger charge is 2.10. The number of nitrogens with one attached hydrogen (secondary N) is 1. The first kappa shape index (κ1) is 15.8. The first-order chi connectivity index (χ1) is 10.1. The summed E-state index contributed by atoms with van der Waals surface area (Å²) < 4.78 is 0. The lowest BCUT2D eigenvalue weighted by Crippen LogP contribution is -2.25. The van der Waals surface area contributed by atoms with Crippen LogP contribution in [-0.4, -0.2) is 17.4 Å². The summed E-state index contributed by atoms with van der Waals surface area (Å²) in [4.78, 5) is 16.5. The van der Waals surface area contributed by atoms with E-state index in [-0.39, 0.29) is 5.91 Å². The molecule has 0 radical (unpaired) electrons. The number of carbonyl (C=O) groups is 1. The quantitative estimate of drug-likeness (QED) is 0.801. The van der Waals surface area contributed by atoms with Crippen LogP contribution in [0.5, 0.6) is 0 Å². The van der Waals surface area contributed by atoms with Gasteiger partial charge in [-0.05, 0) is 24.5 Å². The average molecular weight is 305 g/mol. The van der Waals surface area contributed by atoms with Gasteiger partial charge in [-0.25, -0.2) is 4.98 Å². The average Bonchev–Trinajstić information content (AvgIpc) is 2.46. The molecule has 1 heterocycles. The number of hydrogen-bond donors (Lipinski definition) is 1. The van der Waals surface area contributed by atoms with Crippen LogP contribution in [0.4, 0.5) is 0 Å². The zero-order chi connectivity index (χ0) is 15.2. The van der Waals surface area contributed by atoms with Crippen molar-refractivity contribution < 1.29 is 4.79 Å². The molecule has 3 nitrogen and oxygen atoms in total. The molecule has 0 saturated carbocycles. The van der Waals surface area contributed by atoms with Crippen molar-refractivity contribution in [3.05, 3.63) is 41.0 Å². The zero-order valence-electron chi connectivity index (χ0n) is 12.5. The molecule has 0 saturated heterocycles. The Hall–Kier alpha value is -1.61. The number of aromatic nitrogens is 1. The maximum absolute atomic E-state index is 12.1. The Bertz CT molecular complexity index is 625. The van der Waals surface area contributed by atoms with Crippen molar-refractivity contribution in [2.24, 2.45) is 5.92 Å². The van der Waals surface area contributed by atoms with Crippen molar-refractivity contribution in [1.29, 1.82) is 0 Å². The van der Waals surface area contributed by atoms with Gasteiger partial charge in [0.15, 0.2) is 0 Å². The van der Waals surface area contributed by atoms with Gasteiger partial charge in [0.05, 0.1) is 10.5 Å². The van der Waals surface area contributed by atoms with E-state index in [1.54, 1.807) is 6.07 Å². The fourth-order valence-corrected chi connectivity index (χ4v) is 2.48. The highest BCUT2D eigenvalue weighted by Crippen LogP contribution is 2.22. The van der Waals surface area contributed by atoms with Crippen LogP contribution in [-0.2, 0) is 0 Å². The lowest BCUT2D eigenvalue weighted by atomic mass is 10.1. The lowest BCUT2D eigenvalue weighted by molar-refractivity contribution is 0.0948. The molecule has 1 amide bonds. The minimum atomic E-state index is -0.160. The molecule has 0 aliphatic carbocycles. The third-order valence-corrected chi connectivity index (χ3v) is 3.70. The summed E-state index contributed by atoms with van der Waals surface area (Å²) in [5.74, 6) is 0.550. The van der Waals surface area contributed by atoms with Gasteiger partial charge in [-0.15, -0.1) is 0 Å². The third-order valence-electron chi connectivity index (χ3n) is 3.39. The predicted molar refractivity (Wildman–Crippen MR) is 87.8 cm³/mol. The van der Waals surface area contributed by atoms with Gasteiger partial charge in [0.25, 0.3) is 5.91 Å². The fraction of sp³-hybridized carbons (Fsp3) is 0.412. The molecular weight excluding hydrogens is 284 g/mol. The second-order valence-electron chi connectivity index (χ2n) is 5.65. The molecule has 0 spiro atoms. The largest absolute Gasteiger partial charge is 0.351 e. The van der Waals surface area contributed by atoms with E-state index in [2.05, 4.69) is 24.1 Å². The SMILES string of the molecule is CC(C)CCCCNC(=O)c1cc(Cl)c2ccccc2n1. The van der Waals surface area contributed by atoms with Gasteiger partial charge < -0.3 is 5.32 Å². The molecule has 0 aliphatic heterocycles. The lowest BCUT2D eigenvalue weighted by Gasteiger charge is -2.08. The first-order valence-electron chi connectivity index (χ1n) is 7.41. The number of rotatable bonds is 6. The first-order valence-corrected chi connectivity index (χ1v) is 7.79. The van der Waals surface area contributed by atoms with Crippen LogP contribution >= 0.6 is 11.6 Å². The van der Waals surface area contributed by atoms with Crippen molar-refractivity contribution in [3.8, 4) is 0 Å². The monoisotopic (exact) mass is 304 g/mol. The number of hydrogen-bond acceptors (Lipinski definition) is 2. The van der Waals surface area contributed by atoms with Gasteiger partial charge in [0.1, 0.15) is 5.69 Å². The summed E-state index contributed by atoms with van der Waals surface area (Å²) in [5, 5.41) is 4.33. The highest BCUT2D eigenvalue weighted by molar-refractivity contribution is 6.35. The Kier molecular flexibility index (Phi) is 5.57. The van der Waals surface area contributed by atoms with Crippen molar-refractivity contribution in [1.82, 2.24) is 10.3 Å². The Morgan fingerprint density at radius 3 is 2.81 bits per heavy atom. The molecule has 1 N–H and O–H groups in total. The van der Waals surface area contributed by atoms with Crippen molar-refractivity contribution in [3.63, 3.8) is 0 Å². The van der Waals surface area contributed by atoms with Gasteiger partial charge in [0, 0.05) is 11.9 Å². The van der Waals surface area contributed by atoms with Crippen LogP contribution in [0.15, 0.2) is 30.3 Å². The van der Waals surface area contributed by atoms with Crippen LogP contribution < -0.4 is 5.32 Å². The zero-order valence-corrected chi connectivity index (χ0v) is 13.3. The van der Waals surface area contributed by atoms with E-state index in [1.807, 2.05) is 24.3 Å². The van der Waals surface area contributed by atoms with Gasteiger partial charge in [-0.3, -0.25) is 4.79 Å². The predicted octanol–water partition coefficient (Wildman–Crippen LogP) is 4.44. The third kappa shape index (κ3) is 4.43. The van der Waals surface area contributed by atoms with E-state index in [0.29, 0.717) is 23.2 Å². The molecule has 2 rings (SSSR count). The number of amides is 1. The van der Waals surface area contributed by atoms with E-state index in [0.717, 1.165) is 23.7 Å². The second kappa shape index (κ2) is 7.41. The molecule has 1 aromatic carbocycles. The summed E-state index contributed by atoms with van der Waals surface area (Å²) in [6.07, 6.45) is 3.31. The van der Waals surface area contributed by atoms with E-state index in [1.165, 1.54) is 6.42 Å². The van der Waals surface area contributed by atoms with Gasteiger partial charge in [0.2, 0.25) is 0 Å². The molecule has 0 bridgehead atoms. The Morgan fingerprint density at radius 2 is 2.05 bits per heavy atom. The summed E-state index contributed by atoms with van der Waals surface area (Å²) in [6.45, 7) is 5.09. The Labute approximate surface area is 130 Å². The molecule has 0 fully saturated rings. The van der Waals surface area contributed by atoms with Crippen molar-refractivity contribution in [2.75, 3.05) is 6.54 Å². The van der Waals surface area contributed by atoms with E-state index < -0.39 is 0 Å². The number of unbranched alkanes of at least 4 members (excludes halogenated alkanes) is 1. The number of para-hydroxylation sites is 1. The highest BCUT2D eigenvalue weighted by atomic mass is 35.5. The topological polar surface area (TPSA) is 42.0 Å². The van der Waals surface area contributed by atoms with Crippen molar-refractivity contribution >= 4 is 28.4 Å². The minimum absolute atomic E-state index is 0.160. The summed E-state index contributed by atoms with van der Waals surface area (Å²) in [7, 11) is 0. The van der Waals surface area contributed by atoms with E-state index in [9.17, 15) is 4.79 Å². The number of carbonyl (C=O) groups excluding carboxylic acids is 1. The molecule has 112 valence electrons. The van der Waals surface area contributed by atoms with E-state index >= 15 is 0 Å². The number of benzene rings is 1. The summed E-state index contributed by atoms with van der Waals surface area (Å²) in [5.41, 5.74) is 1.12. The Morgan fingerprint density at radius 1 is 1.29 bits per heavy atom. The smallest absolute Gasteiger partial charge is 0.269 e. The summed E-state index contributed by atoms with van der Waals surface area (Å²) in [6, 6.07) is 9.19. The summed E-state index contributed by atoms with van der Waals surface area (Å²) >= 11 is 6.20. The molecule has 0 atom stereocenters. The number of fused-ring (bicyclic) bond motifs is 1. The maximum atomic E-state index is 12.1. The van der Waals surface area contributed by atoms with Crippen LogP contribution in [0, 0.1) is 5.92 Å². The van der Waals surface area contributed by atoms with Crippen LogP contribution in [0.3, 0.4) is 0 Å². The van der Waals surface area contributed by atoms with Crippen LogP contribution in [0.2, 0.25) is 5.02 Å².